The first kappa shape index (κ1) is 19.4. The number of carbonyl (C=O) groups is 2. The molecule has 1 aromatic carbocycles. The number of carbonyl (C=O) groups excluding carboxylic acids is 2. The number of methoxy groups -OCH3 is 1. The number of Topliss-reactive ketones (excluding diaryl/α,β-unsaturated/α-hetero) is 1. The van der Waals surface area contributed by atoms with Crippen LogP contribution in [0, 0.1) is 9.49 Å². The van der Waals surface area contributed by atoms with Gasteiger partial charge in [0.1, 0.15) is 4.32 Å². The number of phenols is 1. The van der Waals surface area contributed by atoms with Crippen LogP contribution in [0.25, 0.3) is 0 Å². The maximum atomic E-state index is 13.0. The first-order valence-corrected chi connectivity index (χ1v) is 9.97. The maximum Gasteiger partial charge on any atom is 0.174 e. The molecule has 1 N–H and O–H groups in total. The summed E-state index contributed by atoms with van der Waals surface area (Å²) in [5.74, 6) is -0.660. The van der Waals surface area contributed by atoms with Crippen LogP contribution in [-0.2, 0) is 9.59 Å². The monoisotopic (exact) mass is 528 g/mol. The van der Waals surface area contributed by atoms with Crippen molar-refractivity contribution in [2.24, 2.45) is 5.92 Å². The highest BCUT2D eigenvalue weighted by atomic mass is 127. The highest BCUT2D eigenvalue weighted by Crippen LogP contribution is 2.54. The summed E-state index contributed by atoms with van der Waals surface area (Å²) in [6.45, 7) is 5.57. The Morgan fingerprint density at radius 3 is 2.73 bits per heavy atom. The fourth-order valence-electron chi connectivity index (χ4n) is 3.80. The number of alkyl halides is 1. The lowest BCUT2D eigenvalue weighted by Gasteiger charge is -2.45. The quantitative estimate of drug-likeness (QED) is 0.465. The van der Waals surface area contributed by atoms with E-state index in [1.54, 1.807) is 19.1 Å². The predicted octanol–water partition coefficient (Wildman–Crippen LogP) is 4.45. The Morgan fingerprint density at radius 2 is 2.12 bits per heavy atom. The van der Waals surface area contributed by atoms with Gasteiger partial charge < -0.3 is 9.84 Å². The van der Waals surface area contributed by atoms with Crippen molar-refractivity contribution in [1.82, 2.24) is 0 Å². The summed E-state index contributed by atoms with van der Waals surface area (Å²) >= 11 is 5.70. The summed E-state index contributed by atoms with van der Waals surface area (Å²) in [6, 6.07) is 3.53. The highest BCUT2D eigenvalue weighted by Gasteiger charge is 2.56. The van der Waals surface area contributed by atoms with Crippen LogP contribution < -0.4 is 4.74 Å². The third-order valence-electron chi connectivity index (χ3n) is 5.12. The number of fused-ring (bicyclic) bond motifs is 1. The first-order chi connectivity index (χ1) is 12.2. The van der Waals surface area contributed by atoms with E-state index in [2.05, 4.69) is 22.5 Å². The molecule has 26 heavy (non-hydrogen) atoms. The minimum absolute atomic E-state index is 0.0220. The molecule has 3 atom stereocenters. The molecule has 0 radical (unpaired) electrons. The number of benzene rings is 1. The zero-order valence-corrected chi connectivity index (χ0v) is 18.1. The van der Waals surface area contributed by atoms with E-state index in [-0.39, 0.29) is 17.3 Å². The number of rotatable bonds is 3. The van der Waals surface area contributed by atoms with Gasteiger partial charge in [-0.3, -0.25) is 9.59 Å². The number of ketones is 2. The van der Waals surface area contributed by atoms with Crippen LogP contribution in [0.4, 0.5) is 0 Å². The lowest BCUT2D eigenvalue weighted by Crippen LogP contribution is -2.52. The van der Waals surface area contributed by atoms with Gasteiger partial charge in [0.05, 0.1) is 10.7 Å². The zero-order chi connectivity index (χ0) is 19.2. The molecule has 136 valence electrons. The summed E-state index contributed by atoms with van der Waals surface area (Å²) in [6.07, 6.45) is 5.59. The van der Waals surface area contributed by atoms with Gasteiger partial charge in [-0.05, 0) is 70.9 Å². The van der Waals surface area contributed by atoms with E-state index in [1.165, 1.54) is 13.2 Å². The van der Waals surface area contributed by atoms with Crippen molar-refractivity contribution in [1.29, 1.82) is 0 Å². The number of hydrogen-bond donors (Lipinski definition) is 1. The topological polar surface area (TPSA) is 63.6 Å². The van der Waals surface area contributed by atoms with Gasteiger partial charge in [0.2, 0.25) is 0 Å². The summed E-state index contributed by atoms with van der Waals surface area (Å²) in [7, 11) is 1.48. The SMILES string of the molecule is C=CC1=CC[C@H]2C(=O)C(C)=CC(=O)[C@@]2(Br)[C@H]1c1cc(I)c(O)c(OC)c1. The molecule has 0 aliphatic heterocycles. The number of ether oxygens (including phenoxy) is 1. The van der Waals surface area contributed by atoms with E-state index < -0.39 is 16.2 Å². The van der Waals surface area contributed by atoms with Gasteiger partial charge in [-0.2, -0.15) is 0 Å². The molecular formula is C20H18BrIO4. The molecule has 0 saturated heterocycles. The Balaban J connectivity index is 2.26. The van der Waals surface area contributed by atoms with Gasteiger partial charge in [-0.15, -0.1) is 0 Å². The van der Waals surface area contributed by atoms with E-state index in [4.69, 9.17) is 4.74 Å². The van der Waals surface area contributed by atoms with E-state index in [9.17, 15) is 14.7 Å². The third-order valence-corrected chi connectivity index (χ3v) is 7.34. The van der Waals surface area contributed by atoms with Crippen molar-refractivity contribution >= 4 is 50.1 Å². The first-order valence-electron chi connectivity index (χ1n) is 8.10. The summed E-state index contributed by atoms with van der Waals surface area (Å²) in [5, 5.41) is 10.2. The Kier molecular flexibility index (Phi) is 5.18. The standard InChI is InChI=1S/C20H18BrIO4/c1-4-11-5-6-13-18(24)10(2)7-16(23)20(13,21)17(11)12-8-14(22)19(25)15(9-12)26-3/h4-5,7-9,13,17,25H,1,6H2,2-3H3/t13-,17+,20+/m0/s1. The van der Waals surface area contributed by atoms with Gasteiger partial charge >= 0.3 is 0 Å². The lowest BCUT2D eigenvalue weighted by atomic mass is 9.63. The molecular weight excluding hydrogens is 511 g/mol. The van der Waals surface area contributed by atoms with E-state index >= 15 is 0 Å². The van der Waals surface area contributed by atoms with Gasteiger partial charge in [0.15, 0.2) is 23.1 Å². The number of allylic oxidation sites excluding steroid dienone is 5. The normalized spacial score (nSPS) is 28.2. The van der Waals surface area contributed by atoms with E-state index in [0.717, 1.165) is 11.1 Å². The van der Waals surface area contributed by atoms with E-state index in [1.807, 2.05) is 34.7 Å². The van der Waals surface area contributed by atoms with Gasteiger partial charge in [-0.1, -0.05) is 34.7 Å². The summed E-state index contributed by atoms with van der Waals surface area (Å²) in [4.78, 5) is 25.8. The Labute approximate surface area is 174 Å². The number of halogens is 2. The predicted molar refractivity (Wildman–Crippen MR) is 112 cm³/mol. The minimum atomic E-state index is -1.08. The second-order valence-corrected chi connectivity index (χ2v) is 8.98. The van der Waals surface area contributed by atoms with E-state index in [0.29, 0.717) is 21.3 Å². The molecule has 0 unspecified atom stereocenters. The van der Waals surface area contributed by atoms with Crippen LogP contribution >= 0.6 is 38.5 Å². The van der Waals surface area contributed by atoms with Crippen molar-refractivity contribution in [3.63, 3.8) is 0 Å². The molecule has 3 rings (SSSR count). The Hall–Kier alpha value is -1.41. The smallest absolute Gasteiger partial charge is 0.174 e. The molecule has 4 nitrogen and oxygen atoms in total. The minimum Gasteiger partial charge on any atom is -0.504 e. The fourth-order valence-corrected chi connectivity index (χ4v) is 5.47. The average molecular weight is 529 g/mol. The van der Waals surface area contributed by atoms with Crippen molar-refractivity contribution in [3.8, 4) is 11.5 Å². The van der Waals surface area contributed by atoms with Crippen molar-refractivity contribution in [2.45, 2.75) is 23.6 Å². The molecule has 1 aromatic rings. The molecule has 0 heterocycles. The van der Waals surface area contributed by atoms with Gasteiger partial charge in [0, 0.05) is 11.8 Å². The molecule has 0 spiro atoms. The number of aromatic hydroxyl groups is 1. The molecule has 6 heteroatoms. The fraction of sp³-hybridized carbons (Fsp3) is 0.300. The van der Waals surface area contributed by atoms with Crippen molar-refractivity contribution in [2.75, 3.05) is 7.11 Å². The molecule has 0 saturated carbocycles. The lowest BCUT2D eigenvalue weighted by molar-refractivity contribution is -0.128. The van der Waals surface area contributed by atoms with Crippen LogP contribution in [-0.4, -0.2) is 28.1 Å². The molecule has 0 amide bonds. The van der Waals surface area contributed by atoms with Crippen LogP contribution in [0.3, 0.4) is 0 Å². The number of hydrogen-bond acceptors (Lipinski definition) is 4. The molecule has 2 aliphatic rings. The average Bonchev–Trinajstić information content (AvgIpc) is 2.61. The molecule has 0 bridgehead atoms. The van der Waals surface area contributed by atoms with Crippen molar-refractivity contribution < 1.29 is 19.4 Å². The number of phenolic OH excluding ortho intramolecular Hbond substituents is 1. The molecule has 0 aromatic heterocycles. The van der Waals surface area contributed by atoms with Crippen LogP contribution in [0.15, 0.2) is 48.1 Å². The van der Waals surface area contributed by atoms with Crippen molar-refractivity contribution in [3.05, 3.63) is 57.2 Å². The summed E-state index contributed by atoms with van der Waals surface area (Å²) < 4.78 is 4.82. The Morgan fingerprint density at radius 1 is 1.42 bits per heavy atom. The largest absolute Gasteiger partial charge is 0.504 e. The highest BCUT2D eigenvalue weighted by molar-refractivity contribution is 14.1. The second-order valence-electron chi connectivity index (χ2n) is 6.51. The van der Waals surface area contributed by atoms with Crippen LogP contribution in [0.2, 0.25) is 0 Å². The van der Waals surface area contributed by atoms with Crippen LogP contribution in [0.5, 0.6) is 11.5 Å². The maximum absolute atomic E-state index is 13.0. The van der Waals surface area contributed by atoms with Gasteiger partial charge in [-0.25, -0.2) is 0 Å². The zero-order valence-electron chi connectivity index (χ0n) is 14.4. The molecule has 2 aliphatic carbocycles. The molecule has 0 fully saturated rings. The second kappa shape index (κ2) is 6.96. The van der Waals surface area contributed by atoms with Crippen LogP contribution in [0.1, 0.15) is 24.8 Å². The summed E-state index contributed by atoms with van der Waals surface area (Å²) in [5.41, 5.74) is 2.14. The third kappa shape index (κ3) is 2.78. The Bertz CT molecular complexity index is 886. The van der Waals surface area contributed by atoms with Gasteiger partial charge in [0.25, 0.3) is 0 Å².